The predicted molar refractivity (Wildman–Crippen MR) is 96.6 cm³/mol. The van der Waals surface area contributed by atoms with Crippen LogP contribution in [-0.4, -0.2) is 42.8 Å². The fourth-order valence-electron chi connectivity index (χ4n) is 3.82. The molecule has 0 aromatic rings. The largest absolute Gasteiger partial charge is 0.444 e. The lowest BCUT2D eigenvalue weighted by molar-refractivity contribution is 0.0275. The molecule has 0 bridgehead atoms. The molecule has 4 nitrogen and oxygen atoms in total. The first-order chi connectivity index (χ1) is 10.4. The smallest absolute Gasteiger partial charge is 0.410 e. The van der Waals surface area contributed by atoms with Crippen LogP contribution in [0.25, 0.3) is 0 Å². The zero-order valence-electron chi connectivity index (χ0n) is 16.5. The summed E-state index contributed by atoms with van der Waals surface area (Å²) in [6.45, 7) is 16.6. The summed E-state index contributed by atoms with van der Waals surface area (Å²) >= 11 is 0. The Morgan fingerprint density at radius 1 is 1.35 bits per heavy atom. The SMILES string of the molecule is CC(CNC1CC(C)CC(C)(C)C1)CN(C)C(=O)OC(C)(C)C. The first-order valence-electron chi connectivity index (χ1n) is 9.05. The second-order valence-corrected chi connectivity index (χ2v) is 9.48. The van der Waals surface area contributed by atoms with E-state index in [-0.39, 0.29) is 6.09 Å². The lowest BCUT2D eigenvalue weighted by Crippen LogP contribution is -2.44. The molecule has 0 aromatic heterocycles. The van der Waals surface area contributed by atoms with Gasteiger partial charge < -0.3 is 15.0 Å². The Balaban J connectivity index is 2.36. The van der Waals surface area contributed by atoms with E-state index in [1.807, 2.05) is 27.8 Å². The lowest BCUT2D eigenvalue weighted by atomic mass is 9.70. The number of hydrogen-bond donors (Lipinski definition) is 1. The number of carbonyl (C=O) groups is 1. The molecule has 0 spiro atoms. The number of amides is 1. The van der Waals surface area contributed by atoms with Crippen molar-refractivity contribution in [3.05, 3.63) is 0 Å². The average molecular weight is 327 g/mol. The first-order valence-corrected chi connectivity index (χ1v) is 9.05. The molecule has 136 valence electrons. The van der Waals surface area contributed by atoms with Crippen molar-refractivity contribution in [3.63, 3.8) is 0 Å². The van der Waals surface area contributed by atoms with Crippen LogP contribution in [0.5, 0.6) is 0 Å². The number of carbonyl (C=O) groups excluding carboxylic acids is 1. The van der Waals surface area contributed by atoms with Gasteiger partial charge in [0.2, 0.25) is 0 Å². The van der Waals surface area contributed by atoms with Gasteiger partial charge in [0.1, 0.15) is 5.60 Å². The highest BCUT2D eigenvalue weighted by Crippen LogP contribution is 2.38. The molecule has 1 aliphatic rings. The zero-order valence-corrected chi connectivity index (χ0v) is 16.5. The van der Waals surface area contributed by atoms with Crippen molar-refractivity contribution >= 4 is 6.09 Å². The molecule has 23 heavy (non-hydrogen) atoms. The Labute approximate surface area is 143 Å². The van der Waals surface area contributed by atoms with E-state index in [2.05, 4.69) is 33.0 Å². The normalized spacial score (nSPS) is 25.7. The third kappa shape index (κ3) is 8.05. The van der Waals surface area contributed by atoms with Crippen LogP contribution in [0.2, 0.25) is 0 Å². The van der Waals surface area contributed by atoms with Gasteiger partial charge in [-0.05, 0) is 63.8 Å². The number of hydrogen-bond acceptors (Lipinski definition) is 3. The van der Waals surface area contributed by atoms with Crippen molar-refractivity contribution in [3.8, 4) is 0 Å². The van der Waals surface area contributed by atoms with Gasteiger partial charge in [0, 0.05) is 19.6 Å². The van der Waals surface area contributed by atoms with Gasteiger partial charge in [-0.2, -0.15) is 0 Å². The highest BCUT2D eigenvalue weighted by Gasteiger charge is 2.31. The fourth-order valence-corrected chi connectivity index (χ4v) is 3.82. The van der Waals surface area contributed by atoms with Gasteiger partial charge in [0.05, 0.1) is 0 Å². The molecule has 0 aliphatic heterocycles. The van der Waals surface area contributed by atoms with Crippen LogP contribution in [0.15, 0.2) is 0 Å². The molecular formula is C19H38N2O2. The number of nitrogens with zero attached hydrogens (tertiary/aromatic N) is 1. The molecule has 0 saturated heterocycles. The van der Waals surface area contributed by atoms with Crippen molar-refractivity contribution in [2.45, 2.75) is 79.4 Å². The van der Waals surface area contributed by atoms with Crippen LogP contribution in [-0.2, 0) is 4.74 Å². The zero-order chi connectivity index (χ0) is 17.8. The summed E-state index contributed by atoms with van der Waals surface area (Å²) in [5, 5.41) is 3.72. The topological polar surface area (TPSA) is 41.6 Å². The van der Waals surface area contributed by atoms with Gasteiger partial charge in [-0.25, -0.2) is 4.79 Å². The van der Waals surface area contributed by atoms with Gasteiger partial charge in [0.15, 0.2) is 0 Å². The third-order valence-electron chi connectivity index (χ3n) is 4.43. The number of nitrogens with one attached hydrogen (secondary N) is 1. The van der Waals surface area contributed by atoms with E-state index in [1.165, 1.54) is 19.3 Å². The van der Waals surface area contributed by atoms with Crippen molar-refractivity contribution in [2.75, 3.05) is 20.1 Å². The third-order valence-corrected chi connectivity index (χ3v) is 4.43. The van der Waals surface area contributed by atoms with E-state index in [9.17, 15) is 4.79 Å². The Hall–Kier alpha value is -0.770. The molecule has 0 heterocycles. The Morgan fingerprint density at radius 2 is 1.96 bits per heavy atom. The van der Waals surface area contributed by atoms with Crippen molar-refractivity contribution in [2.24, 2.45) is 17.3 Å². The molecule has 1 rings (SSSR count). The molecule has 3 unspecified atom stereocenters. The van der Waals surface area contributed by atoms with Crippen molar-refractivity contribution in [1.29, 1.82) is 0 Å². The second kappa shape index (κ2) is 7.87. The summed E-state index contributed by atoms with van der Waals surface area (Å²) in [5.41, 5.74) is 0.00251. The first kappa shape index (κ1) is 20.3. The average Bonchev–Trinajstić information content (AvgIpc) is 2.31. The maximum atomic E-state index is 12.0. The van der Waals surface area contributed by atoms with Gasteiger partial charge in [-0.1, -0.05) is 27.7 Å². The predicted octanol–water partition coefficient (Wildman–Crippen LogP) is 4.29. The van der Waals surface area contributed by atoms with Crippen LogP contribution < -0.4 is 5.32 Å². The standard InChI is InChI=1S/C19H38N2O2/c1-14-9-16(11-19(6,7)10-14)20-12-15(2)13-21(8)17(22)23-18(3,4)5/h14-16,20H,9-13H2,1-8H3. The highest BCUT2D eigenvalue weighted by atomic mass is 16.6. The monoisotopic (exact) mass is 326 g/mol. The maximum absolute atomic E-state index is 12.0. The maximum Gasteiger partial charge on any atom is 0.410 e. The Bertz CT molecular complexity index is 387. The van der Waals surface area contributed by atoms with Crippen LogP contribution in [0.1, 0.15) is 67.7 Å². The molecule has 0 aromatic carbocycles. The quantitative estimate of drug-likeness (QED) is 0.819. The minimum absolute atomic E-state index is 0.239. The second-order valence-electron chi connectivity index (χ2n) is 9.48. The molecular weight excluding hydrogens is 288 g/mol. The summed E-state index contributed by atoms with van der Waals surface area (Å²) in [7, 11) is 1.82. The Morgan fingerprint density at radius 3 is 2.48 bits per heavy atom. The van der Waals surface area contributed by atoms with Crippen molar-refractivity contribution in [1.82, 2.24) is 10.2 Å². The van der Waals surface area contributed by atoms with E-state index in [1.54, 1.807) is 4.90 Å². The molecule has 1 saturated carbocycles. The summed E-state index contributed by atoms with van der Waals surface area (Å²) in [5.74, 6) is 1.20. The van der Waals surface area contributed by atoms with Gasteiger partial charge in [-0.15, -0.1) is 0 Å². The fraction of sp³-hybridized carbons (Fsp3) is 0.947. The van der Waals surface area contributed by atoms with Gasteiger partial charge in [-0.3, -0.25) is 0 Å². The highest BCUT2D eigenvalue weighted by molar-refractivity contribution is 5.67. The minimum atomic E-state index is -0.434. The van der Waals surface area contributed by atoms with Crippen LogP contribution in [0.4, 0.5) is 4.79 Å². The summed E-state index contributed by atoms with van der Waals surface area (Å²) in [6, 6.07) is 0.600. The summed E-state index contributed by atoms with van der Waals surface area (Å²) in [4.78, 5) is 13.7. The van der Waals surface area contributed by atoms with Gasteiger partial charge in [0.25, 0.3) is 0 Å². The van der Waals surface area contributed by atoms with E-state index >= 15 is 0 Å². The molecule has 4 heteroatoms. The molecule has 3 atom stereocenters. The molecule has 1 amide bonds. The van der Waals surface area contributed by atoms with Gasteiger partial charge >= 0.3 is 6.09 Å². The van der Waals surface area contributed by atoms with Crippen LogP contribution in [0.3, 0.4) is 0 Å². The lowest BCUT2D eigenvalue weighted by Gasteiger charge is -2.40. The minimum Gasteiger partial charge on any atom is -0.444 e. The van der Waals surface area contributed by atoms with Crippen LogP contribution >= 0.6 is 0 Å². The van der Waals surface area contributed by atoms with E-state index in [0.29, 0.717) is 23.9 Å². The van der Waals surface area contributed by atoms with E-state index in [0.717, 1.165) is 12.5 Å². The molecule has 1 N–H and O–H groups in total. The van der Waals surface area contributed by atoms with Crippen LogP contribution in [0, 0.1) is 17.3 Å². The number of ether oxygens (including phenoxy) is 1. The summed E-state index contributed by atoms with van der Waals surface area (Å²) in [6.07, 6.45) is 3.59. The molecule has 1 aliphatic carbocycles. The number of rotatable bonds is 5. The van der Waals surface area contributed by atoms with E-state index < -0.39 is 5.60 Å². The molecule has 0 radical (unpaired) electrons. The summed E-state index contributed by atoms with van der Waals surface area (Å²) < 4.78 is 5.40. The van der Waals surface area contributed by atoms with E-state index in [4.69, 9.17) is 4.74 Å². The van der Waals surface area contributed by atoms with Crippen molar-refractivity contribution < 1.29 is 9.53 Å². The molecule has 1 fully saturated rings. The Kier molecular flexibility index (Phi) is 6.94.